The highest BCUT2D eigenvalue weighted by Gasteiger charge is 2.13. The van der Waals surface area contributed by atoms with Crippen molar-refractivity contribution in [3.8, 4) is 0 Å². The highest BCUT2D eigenvalue weighted by atomic mass is 79.9. The monoisotopic (exact) mass is 421 g/mol. The summed E-state index contributed by atoms with van der Waals surface area (Å²) >= 11 is 3.35. The molecule has 0 unspecified atom stereocenters. The van der Waals surface area contributed by atoms with Gasteiger partial charge in [-0.05, 0) is 37.5 Å². The quantitative estimate of drug-likeness (QED) is 0.697. The van der Waals surface area contributed by atoms with Crippen molar-refractivity contribution in [1.29, 1.82) is 0 Å². The molecule has 1 heterocycles. The summed E-state index contributed by atoms with van der Waals surface area (Å²) in [7, 11) is 0. The van der Waals surface area contributed by atoms with Crippen LogP contribution in [0.3, 0.4) is 0 Å². The number of ether oxygens (including phenoxy) is 1. The number of rotatable bonds is 7. The van der Waals surface area contributed by atoms with E-state index in [1.807, 2.05) is 6.07 Å². The van der Waals surface area contributed by atoms with Crippen molar-refractivity contribution >= 4 is 32.7 Å². The number of hydrogen-bond donors (Lipinski definition) is 1. The van der Waals surface area contributed by atoms with Crippen molar-refractivity contribution in [1.82, 2.24) is 14.9 Å². The SMILES string of the molecule is O=C(Cn1cnc2ccc(Br)cc2c1=O)NCCCOC1CCCCC1. The second-order valence-corrected chi connectivity index (χ2v) is 7.59. The lowest BCUT2D eigenvalue weighted by Crippen LogP contribution is -2.33. The maximum atomic E-state index is 12.5. The van der Waals surface area contributed by atoms with Crippen molar-refractivity contribution in [2.24, 2.45) is 0 Å². The average Bonchev–Trinajstić information content (AvgIpc) is 2.65. The number of nitrogens with one attached hydrogen (secondary N) is 1. The first-order valence-corrected chi connectivity index (χ1v) is 9.96. The number of nitrogens with zero attached hydrogens (tertiary/aromatic N) is 2. The average molecular weight is 422 g/mol. The molecule has 1 saturated carbocycles. The molecule has 0 saturated heterocycles. The molecular weight excluding hydrogens is 398 g/mol. The number of aromatic nitrogens is 2. The molecule has 1 aromatic heterocycles. The number of amides is 1. The maximum absolute atomic E-state index is 12.5. The Hall–Kier alpha value is -1.73. The number of benzene rings is 1. The summed E-state index contributed by atoms with van der Waals surface area (Å²) in [5, 5.41) is 3.34. The van der Waals surface area contributed by atoms with Gasteiger partial charge in [0, 0.05) is 17.6 Å². The van der Waals surface area contributed by atoms with Crippen molar-refractivity contribution in [3.63, 3.8) is 0 Å². The number of hydrogen-bond acceptors (Lipinski definition) is 4. The minimum atomic E-state index is -0.216. The van der Waals surface area contributed by atoms with Crippen LogP contribution in [0.5, 0.6) is 0 Å². The van der Waals surface area contributed by atoms with E-state index in [0.29, 0.717) is 30.2 Å². The van der Waals surface area contributed by atoms with E-state index >= 15 is 0 Å². The van der Waals surface area contributed by atoms with Crippen molar-refractivity contribution < 1.29 is 9.53 Å². The summed E-state index contributed by atoms with van der Waals surface area (Å²) < 4.78 is 7.99. The van der Waals surface area contributed by atoms with Crippen LogP contribution in [-0.2, 0) is 16.1 Å². The minimum Gasteiger partial charge on any atom is -0.378 e. The lowest BCUT2D eigenvalue weighted by atomic mass is 9.98. The number of carbonyl (C=O) groups excluding carboxylic acids is 1. The molecule has 0 spiro atoms. The minimum absolute atomic E-state index is 0.0300. The smallest absolute Gasteiger partial charge is 0.261 e. The van der Waals surface area contributed by atoms with E-state index in [2.05, 4.69) is 26.2 Å². The zero-order valence-corrected chi connectivity index (χ0v) is 16.3. The van der Waals surface area contributed by atoms with Gasteiger partial charge in [0.25, 0.3) is 5.56 Å². The number of fused-ring (bicyclic) bond motifs is 1. The molecule has 0 radical (unpaired) electrons. The molecule has 1 N–H and O–H groups in total. The van der Waals surface area contributed by atoms with Crippen molar-refractivity contribution in [3.05, 3.63) is 39.4 Å². The van der Waals surface area contributed by atoms with Crippen LogP contribution in [0, 0.1) is 0 Å². The highest BCUT2D eigenvalue weighted by molar-refractivity contribution is 9.10. The van der Waals surface area contributed by atoms with Gasteiger partial charge in [-0.25, -0.2) is 4.98 Å². The largest absolute Gasteiger partial charge is 0.378 e. The summed E-state index contributed by atoms with van der Waals surface area (Å²) in [4.78, 5) is 28.8. The lowest BCUT2D eigenvalue weighted by Gasteiger charge is -2.21. The van der Waals surface area contributed by atoms with Gasteiger partial charge < -0.3 is 10.1 Å². The van der Waals surface area contributed by atoms with E-state index in [0.717, 1.165) is 23.7 Å². The topological polar surface area (TPSA) is 73.2 Å². The van der Waals surface area contributed by atoms with Gasteiger partial charge in [0.05, 0.1) is 23.3 Å². The van der Waals surface area contributed by atoms with E-state index in [4.69, 9.17) is 4.74 Å². The van der Waals surface area contributed by atoms with E-state index in [1.54, 1.807) is 12.1 Å². The molecule has 7 heteroatoms. The van der Waals surface area contributed by atoms with Gasteiger partial charge >= 0.3 is 0 Å². The van der Waals surface area contributed by atoms with E-state index in [-0.39, 0.29) is 18.0 Å². The second kappa shape index (κ2) is 9.28. The Bertz CT molecular complexity index is 815. The molecule has 140 valence electrons. The third-order valence-electron chi connectivity index (χ3n) is 4.65. The van der Waals surface area contributed by atoms with E-state index < -0.39 is 0 Å². The molecule has 1 fully saturated rings. The molecule has 26 heavy (non-hydrogen) atoms. The van der Waals surface area contributed by atoms with Crippen LogP contribution in [0.15, 0.2) is 33.8 Å². The van der Waals surface area contributed by atoms with Crippen molar-refractivity contribution in [2.75, 3.05) is 13.2 Å². The van der Waals surface area contributed by atoms with Gasteiger partial charge in [0.1, 0.15) is 6.54 Å². The van der Waals surface area contributed by atoms with Crippen LogP contribution in [0.1, 0.15) is 38.5 Å². The Balaban J connectivity index is 1.45. The molecule has 6 nitrogen and oxygen atoms in total. The van der Waals surface area contributed by atoms with Crippen LogP contribution in [-0.4, -0.2) is 34.7 Å². The maximum Gasteiger partial charge on any atom is 0.261 e. The first-order chi connectivity index (χ1) is 12.6. The van der Waals surface area contributed by atoms with Gasteiger partial charge in [-0.15, -0.1) is 0 Å². The molecule has 2 aromatic rings. The van der Waals surface area contributed by atoms with Crippen LogP contribution < -0.4 is 10.9 Å². The first-order valence-electron chi connectivity index (χ1n) is 9.16. The molecule has 1 amide bonds. The summed E-state index contributed by atoms with van der Waals surface area (Å²) in [6.07, 6.45) is 8.72. The Morgan fingerprint density at radius 3 is 2.92 bits per heavy atom. The third kappa shape index (κ3) is 5.14. The van der Waals surface area contributed by atoms with E-state index in [1.165, 1.54) is 30.2 Å². The molecule has 0 atom stereocenters. The summed E-state index contributed by atoms with van der Waals surface area (Å²) in [6, 6.07) is 5.33. The fraction of sp³-hybridized carbons (Fsp3) is 0.526. The summed E-state index contributed by atoms with van der Waals surface area (Å²) in [5.74, 6) is -0.194. The third-order valence-corrected chi connectivity index (χ3v) is 5.14. The molecule has 0 bridgehead atoms. The van der Waals surface area contributed by atoms with Gasteiger partial charge in [-0.2, -0.15) is 0 Å². The normalized spacial score (nSPS) is 15.3. The molecule has 1 aromatic carbocycles. The predicted molar refractivity (Wildman–Crippen MR) is 104 cm³/mol. The Labute approximate surface area is 161 Å². The van der Waals surface area contributed by atoms with Crippen LogP contribution in [0.25, 0.3) is 10.9 Å². The molecule has 1 aliphatic carbocycles. The Kier molecular flexibility index (Phi) is 6.80. The van der Waals surface area contributed by atoms with Gasteiger partial charge in [0.15, 0.2) is 0 Å². The number of halogens is 1. The predicted octanol–water partition coefficient (Wildman–Crippen LogP) is 3.01. The van der Waals surface area contributed by atoms with Gasteiger partial charge in [-0.1, -0.05) is 35.2 Å². The molecular formula is C19H24BrN3O3. The molecule has 0 aliphatic heterocycles. The second-order valence-electron chi connectivity index (χ2n) is 6.67. The fourth-order valence-electron chi connectivity index (χ4n) is 3.24. The zero-order valence-electron chi connectivity index (χ0n) is 14.7. The summed E-state index contributed by atoms with van der Waals surface area (Å²) in [5.41, 5.74) is 0.404. The Morgan fingerprint density at radius 1 is 1.31 bits per heavy atom. The Morgan fingerprint density at radius 2 is 2.12 bits per heavy atom. The van der Waals surface area contributed by atoms with E-state index in [9.17, 15) is 9.59 Å². The fourth-order valence-corrected chi connectivity index (χ4v) is 3.60. The van der Waals surface area contributed by atoms with Gasteiger partial charge in [-0.3, -0.25) is 14.2 Å². The summed E-state index contributed by atoms with van der Waals surface area (Å²) in [6.45, 7) is 1.18. The van der Waals surface area contributed by atoms with Crippen LogP contribution >= 0.6 is 15.9 Å². The van der Waals surface area contributed by atoms with Gasteiger partial charge in [0.2, 0.25) is 5.91 Å². The van der Waals surface area contributed by atoms with Crippen LogP contribution in [0.4, 0.5) is 0 Å². The molecule has 1 aliphatic rings. The van der Waals surface area contributed by atoms with Crippen molar-refractivity contribution in [2.45, 2.75) is 51.2 Å². The van der Waals surface area contributed by atoms with Crippen LogP contribution in [0.2, 0.25) is 0 Å². The zero-order chi connectivity index (χ0) is 18.4. The first kappa shape index (κ1) is 19.0. The standard InChI is InChI=1S/C19H24BrN3O3/c20-14-7-8-17-16(11-14)19(25)23(13-22-17)12-18(24)21-9-4-10-26-15-5-2-1-3-6-15/h7-8,11,13,15H,1-6,9-10,12H2,(H,21,24). The highest BCUT2D eigenvalue weighted by Crippen LogP contribution is 2.20. The molecule has 3 rings (SSSR count). The lowest BCUT2D eigenvalue weighted by molar-refractivity contribution is -0.121. The number of carbonyl (C=O) groups is 1.